The van der Waals surface area contributed by atoms with Crippen molar-refractivity contribution >= 4 is 25.5 Å². The van der Waals surface area contributed by atoms with Crippen LogP contribution in [-0.2, 0) is 48.2 Å². The maximum Gasteiger partial charge on any atom is 0.358 e. The number of hydrogen-bond acceptors (Lipinski definition) is 8. The van der Waals surface area contributed by atoms with Crippen LogP contribution < -0.4 is 4.74 Å². The van der Waals surface area contributed by atoms with Gasteiger partial charge in [0.25, 0.3) is 0 Å². The fraction of sp³-hybridized carbons (Fsp3) is 0.359. The fourth-order valence-corrected chi connectivity index (χ4v) is 6.19. The molecule has 5 rings (SSSR count). The standard InChI is InChI=1S/C39H46O7SSi/c1-48(2,3)25-24-41-38-37(43-28-32-20-12-6-13-21-32)36(42-27-31-18-10-5-11-19-31)35(46-39(47)44-33-22-14-7-15-23-33)34(45-38)29-40-26-30-16-8-4-9-17-30/h4-23,34-38H,24-29H2,1-3H3/t34-,35-,36+,37-,38+/m1/s1. The summed E-state index contributed by atoms with van der Waals surface area (Å²) in [6.45, 7) is 8.78. The topological polar surface area (TPSA) is 64.6 Å². The van der Waals surface area contributed by atoms with Crippen LogP contribution in [0, 0.1) is 0 Å². The summed E-state index contributed by atoms with van der Waals surface area (Å²) in [5.41, 5.74) is 3.09. The molecule has 1 saturated heterocycles. The molecule has 0 unspecified atom stereocenters. The summed E-state index contributed by atoms with van der Waals surface area (Å²) in [5.74, 6) is 0.572. The van der Waals surface area contributed by atoms with E-state index in [0.717, 1.165) is 22.7 Å². The van der Waals surface area contributed by atoms with Crippen LogP contribution in [0.15, 0.2) is 121 Å². The highest BCUT2D eigenvalue weighted by Gasteiger charge is 2.50. The fourth-order valence-electron chi connectivity index (χ4n) is 5.26. The third-order valence-corrected chi connectivity index (χ3v) is 9.75. The minimum atomic E-state index is -1.39. The Balaban J connectivity index is 1.44. The largest absolute Gasteiger partial charge is 0.447 e. The molecule has 0 saturated carbocycles. The first kappa shape index (κ1) is 35.9. The monoisotopic (exact) mass is 686 g/mol. The van der Waals surface area contributed by atoms with Crippen LogP contribution >= 0.6 is 12.2 Å². The Labute approximate surface area is 291 Å². The molecule has 5 atom stereocenters. The zero-order valence-electron chi connectivity index (χ0n) is 27.9. The molecular weight excluding hydrogens is 641 g/mol. The Morgan fingerprint density at radius 2 is 1.12 bits per heavy atom. The van der Waals surface area contributed by atoms with Gasteiger partial charge in [0.2, 0.25) is 0 Å². The van der Waals surface area contributed by atoms with Crippen LogP contribution in [-0.4, -0.2) is 57.2 Å². The van der Waals surface area contributed by atoms with Gasteiger partial charge >= 0.3 is 5.24 Å². The van der Waals surface area contributed by atoms with Gasteiger partial charge in [-0.1, -0.05) is 129 Å². The van der Waals surface area contributed by atoms with Crippen molar-refractivity contribution in [2.45, 2.75) is 76.2 Å². The van der Waals surface area contributed by atoms with Gasteiger partial charge in [0.05, 0.1) is 26.4 Å². The third kappa shape index (κ3) is 11.6. The number of ether oxygens (including phenoxy) is 7. The summed E-state index contributed by atoms with van der Waals surface area (Å²) in [4.78, 5) is 0. The lowest BCUT2D eigenvalue weighted by molar-refractivity contribution is -0.318. The molecule has 1 fully saturated rings. The number of para-hydroxylation sites is 1. The lowest BCUT2D eigenvalue weighted by Gasteiger charge is -2.45. The number of benzene rings is 4. The van der Waals surface area contributed by atoms with E-state index in [1.807, 2.05) is 121 Å². The zero-order chi connectivity index (χ0) is 33.6. The van der Waals surface area contributed by atoms with Crippen LogP contribution in [0.2, 0.25) is 25.7 Å². The molecule has 254 valence electrons. The smallest absolute Gasteiger partial charge is 0.358 e. The zero-order valence-corrected chi connectivity index (χ0v) is 29.8. The Morgan fingerprint density at radius 1 is 0.625 bits per heavy atom. The van der Waals surface area contributed by atoms with Gasteiger partial charge in [-0.3, -0.25) is 0 Å². The molecule has 1 aliphatic rings. The first-order chi connectivity index (χ1) is 23.3. The van der Waals surface area contributed by atoms with Gasteiger partial charge in [0.1, 0.15) is 24.1 Å². The second-order valence-corrected chi connectivity index (χ2v) is 18.9. The summed E-state index contributed by atoms with van der Waals surface area (Å²) in [6, 6.07) is 40.4. The Morgan fingerprint density at radius 3 is 1.67 bits per heavy atom. The third-order valence-electron chi connectivity index (χ3n) is 7.87. The summed E-state index contributed by atoms with van der Waals surface area (Å²) >= 11 is 5.65. The van der Waals surface area contributed by atoms with Crippen molar-refractivity contribution in [2.24, 2.45) is 0 Å². The normalized spacial score (nSPS) is 21.0. The van der Waals surface area contributed by atoms with Gasteiger partial charge in [-0.05, 0) is 34.9 Å². The van der Waals surface area contributed by atoms with Crippen LogP contribution in [0.1, 0.15) is 16.7 Å². The van der Waals surface area contributed by atoms with Crippen LogP contribution in [0.5, 0.6) is 5.75 Å². The molecule has 0 amide bonds. The van der Waals surface area contributed by atoms with Crippen LogP contribution in [0.4, 0.5) is 0 Å². The molecule has 9 heteroatoms. The van der Waals surface area contributed by atoms with E-state index in [4.69, 9.17) is 45.4 Å². The molecule has 0 bridgehead atoms. The van der Waals surface area contributed by atoms with Crippen molar-refractivity contribution in [1.82, 2.24) is 0 Å². The Hall–Kier alpha value is -3.41. The molecule has 4 aromatic rings. The molecule has 1 heterocycles. The predicted octanol–water partition coefficient (Wildman–Crippen LogP) is 8.20. The molecule has 0 aliphatic carbocycles. The van der Waals surface area contributed by atoms with Crippen molar-refractivity contribution < 1.29 is 33.2 Å². The molecule has 7 nitrogen and oxygen atoms in total. The first-order valence-corrected chi connectivity index (χ1v) is 20.6. The van der Waals surface area contributed by atoms with Crippen molar-refractivity contribution in [1.29, 1.82) is 0 Å². The summed E-state index contributed by atoms with van der Waals surface area (Å²) in [6.07, 6.45) is -3.38. The van der Waals surface area contributed by atoms with Gasteiger partial charge in [0.15, 0.2) is 12.4 Å². The van der Waals surface area contributed by atoms with E-state index in [1.54, 1.807) is 0 Å². The van der Waals surface area contributed by atoms with E-state index in [2.05, 4.69) is 19.6 Å². The molecule has 0 aromatic heterocycles. The maximum atomic E-state index is 6.73. The van der Waals surface area contributed by atoms with Gasteiger partial charge in [-0.25, -0.2) is 0 Å². The van der Waals surface area contributed by atoms with Crippen molar-refractivity contribution in [3.63, 3.8) is 0 Å². The molecular formula is C39H46O7SSi. The van der Waals surface area contributed by atoms with E-state index in [0.29, 0.717) is 32.2 Å². The van der Waals surface area contributed by atoms with E-state index < -0.39 is 38.8 Å². The van der Waals surface area contributed by atoms with Gasteiger partial charge in [-0.2, -0.15) is 0 Å². The molecule has 1 aliphatic heterocycles. The highest BCUT2D eigenvalue weighted by Crippen LogP contribution is 2.32. The second kappa shape index (κ2) is 18.4. The lowest BCUT2D eigenvalue weighted by atomic mass is 9.98. The lowest BCUT2D eigenvalue weighted by Crippen LogP contribution is -2.62. The highest BCUT2D eigenvalue weighted by atomic mass is 32.1. The molecule has 0 N–H and O–H groups in total. The molecule has 0 radical (unpaired) electrons. The van der Waals surface area contributed by atoms with Gasteiger partial charge < -0.3 is 33.2 Å². The highest BCUT2D eigenvalue weighted by molar-refractivity contribution is 7.79. The Kier molecular flexibility index (Phi) is 13.7. The Bertz CT molecular complexity index is 1490. The molecule has 4 aromatic carbocycles. The predicted molar refractivity (Wildman–Crippen MR) is 193 cm³/mol. The maximum absolute atomic E-state index is 6.73. The summed E-state index contributed by atoms with van der Waals surface area (Å²) in [7, 11) is -1.39. The number of thiocarbonyl (C=S) groups is 1. The van der Waals surface area contributed by atoms with Gasteiger partial charge in [0, 0.05) is 26.9 Å². The summed E-state index contributed by atoms with van der Waals surface area (Å²) < 4.78 is 45.2. The first-order valence-electron chi connectivity index (χ1n) is 16.5. The van der Waals surface area contributed by atoms with E-state index in [9.17, 15) is 0 Å². The van der Waals surface area contributed by atoms with Crippen molar-refractivity contribution in [3.8, 4) is 5.75 Å². The minimum absolute atomic E-state index is 0.0453. The van der Waals surface area contributed by atoms with Crippen LogP contribution in [0.25, 0.3) is 0 Å². The number of hydrogen-bond donors (Lipinski definition) is 0. The SMILES string of the molecule is C[Si](C)(C)CCO[C@H]1O[C@H](COCc2ccccc2)[C@@H](OC(=S)Oc2ccccc2)[C@H](OCc2ccccc2)[C@H]1OCc1ccccc1. The van der Waals surface area contributed by atoms with E-state index >= 15 is 0 Å². The van der Waals surface area contributed by atoms with E-state index in [1.165, 1.54) is 0 Å². The van der Waals surface area contributed by atoms with Gasteiger partial charge in [-0.15, -0.1) is 0 Å². The van der Waals surface area contributed by atoms with E-state index in [-0.39, 0.29) is 11.8 Å². The quantitative estimate of drug-likeness (QED) is 0.0864. The second-order valence-electron chi connectivity index (χ2n) is 13.0. The van der Waals surface area contributed by atoms with Crippen molar-refractivity contribution in [3.05, 3.63) is 138 Å². The van der Waals surface area contributed by atoms with Crippen LogP contribution in [0.3, 0.4) is 0 Å². The minimum Gasteiger partial charge on any atom is -0.447 e. The molecule has 0 spiro atoms. The average Bonchev–Trinajstić information content (AvgIpc) is 3.09. The number of rotatable bonds is 16. The van der Waals surface area contributed by atoms with Crippen molar-refractivity contribution in [2.75, 3.05) is 13.2 Å². The molecule has 48 heavy (non-hydrogen) atoms. The summed E-state index contributed by atoms with van der Waals surface area (Å²) in [5, 5.41) is -0.0453. The average molecular weight is 687 g/mol.